The van der Waals surface area contributed by atoms with Gasteiger partial charge >= 0.3 is 0 Å². The number of aliphatic imine (C=N–C) groups is 1. The molecule has 4 nitrogen and oxygen atoms in total. The molecule has 0 aliphatic heterocycles. The van der Waals surface area contributed by atoms with Gasteiger partial charge in [-0.05, 0) is 37.5 Å². The van der Waals surface area contributed by atoms with E-state index < -0.39 is 0 Å². The zero-order chi connectivity index (χ0) is 25.2. The van der Waals surface area contributed by atoms with Crippen LogP contribution in [-0.2, 0) is 0 Å². The third-order valence-electron chi connectivity index (χ3n) is 3.32. The molecule has 0 unspecified atom stereocenters. The van der Waals surface area contributed by atoms with Crippen molar-refractivity contribution in [1.29, 1.82) is 0 Å². The van der Waals surface area contributed by atoms with Gasteiger partial charge in [-0.1, -0.05) is 74.1 Å². The van der Waals surface area contributed by atoms with E-state index >= 15 is 0 Å². The number of halogens is 1. The second-order valence-corrected chi connectivity index (χ2v) is 5.95. The fourth-order valence-electron chi connectivity index (χ4n) is 1.66. The molecular formula is C26H49FN4. The summed E-state index contributed by atoms with van der Waals surface area (Å²) in [6.07, 6.45) is 7.26. The molecule has 0 heterocycles. The molecular weight excluding hydrogens is 387 g/mol. The fraction of sp³-hybridized carbons (Fsp3) is 0.538. The summed E-state index contributed by atoms with van der Waals surface area (Å²) < 4.78 is 13.2. The fourth-order valence-corrected chi connectivity index (χ4v) is 1.66. The lowest BCUT2D eigenvalue weighted by atomic mass is 10.1. The molecule has 0 aromatic heterocycles. The van der Waals surface area contributed by atoms with E-state index in [1.165, 1.54) is 13.3 Å². The summed E-state index contributed by atoms with van der Waals surface area (Å²) in [4.78, 5) is 4.22. The third-order valence-corrected chi connectivity index (χ3v) is 3.32. The molecule has 0 spiro atoms. The Labute approximate surface area is 192 Å². The average molecular weight is 437 g/mol. The minimum Gasteiger partial charge on any atom is -0.401 e. The molecule has 0 aromatic rings. The van der Waals surface area contributed by atoms with Gasteiger partial charge in [-0.15, -0.1) is 5.73 Å². The molecule has 0 amide bonds. The number of nitrogens with one attached hydrogen (secondary N) is 2. The van der Waals surface area contributed by atoms with Crippen LogP contribution in [0.2, 0.25) is 0 Å². The first-order valence-corrected chi connectivity index (χ1v) is 11.2. The van der Waals surface area contributed by atoms with Gasteiger partial charge in [0.15, 0.2) is 0 Å². The Bertz CT molecular complexity index is 615. The van der Waals surface area contributed by atoms with Gasteiger partial charge in [-0.2, -0.15) is 0 Å². The van der Waals surface area contributed by atoms with Crippen LogP contribution in [0.1, 0.15) is 75.2 Å². The molecule has 180 valence electrons. The average Bonchev–Trinajstić information content (AvgIpc) is 2.77. The van der Waals surface area contributed by atoms with Gasteiger partial charge in [-0.25, -0.2) is 4.39 Å². The molecule has 0 saturated heterocycles. The van der Waals surface area contributed by atoms with Crippen molar-refractivity contribution < 1.29 is 4.39 Å². The molecule has 0 saturated carbocycles. The molecule has 0 rings (SSSR count). The second kappa shape index (κ2) is 27.5. The first kappa shape index (κ1) is 35.9. The van der Waals surface area contributed by atoms with E-state index in [4.69, 9.17) is 5.73 Å². The van der Waals surface area contributed by atoms with Gasteiger partial charge in [0.1, 0.15) is 0 Å². The van der Waals surface area contributed by atoms with E-state index in [0.29, 0.717) is 24.4 Å². The maximum absolute atomic E-state index is 13.2. The molecule has 5 heteroatoms. The minimum absolute atomic E-state index is 0.218. The van der Waals surface area contributed by atoms with Crippen LogP contribution in [-0.4, -0.2) is 25.8 Å². The summed E-state index contributed by atoms with van der Waals surface area (Å²) in [6, 6.07) is 0. The van der Waals surface area contributed by atoms with Crippen LogP contribution in [0.3, 0.4) is 0 Å². The van der Waals surface area contributed by atoms with Crippen molar-refractivity contribution in [3.63, 3.8) is 0 Å². The van der Waals surface area contributed by atoms with E-state index in [1.54, 1.807) is 32.3 Å². The summed E-state index contributed by atoms with van der Waals surface area (Å²) in [7, 11) is 1.70. The summed E-state index contributed by atoms with van der Waals surface area (Å²) in [5, 5.41) is 6.29. The van der Waals surface area contributed by atoms with E-state index in [1.807, 2.05) is 34.6 Å². The zero-order valence-electron chi connectivity index (χ0n) is 21.9. The highest BCUT2D eigenvalue weighted by Gasteiger charge is 2.04. The molecule has 0 aliphatic rings. The molecule has 0 atom stereocenters. The van der Waals surface area contributed by atoms with Crippen LogP contribution in [0.4, 0.5) is 4.39 Å². The largest absolute Gasteiger partial charge is 0.401 e. The van der Waals surface area contributed by atoms with Crippen molar-refractivity contribution in [3.05, 3.63) is 65.6 Å². The Hall–Kier alpha value is -2.52. The lowest BCUT2D eigenvalue weighted by molar-refractivity contribution is 0.631. The molecule has 0 aromatic carbocycles. The number of rotatable bonds is 10. The Morgan fingerprint density at radius 2 is 1.61 bits per heavy atom. The van der Waals surface area contributed by atoms with Gasteiger partial charge in [0.2, 0.25) is 0 Å². The monoisotopic (exact) mass is 436 g/mol. The Kier molecular flexibility index (Phi) is 31.8. The van der Waals surface area contributed by atoms with Gasteiger partial charge in [0.25, 0.3) is 0 Å². The van der Waals surface area contributed by atoms with Crippen LogP contribution in [0.25, 0.3) is 0 Å². The van der Waals surface area contributed by atoms with Crippen molar-refractivity contribution in [2.24, 2.45) is 10.7 Å². The van der Waals surface area contributed by atoms with Crippen molar-refractivity contribution in [2.75, 3.05) is 20.1 Å². The number of nitrogens with zero attached hydrogens (tertiary/aromatic N) is 1. The second-order valence-electron chi connectivity index (χ2n) is 5.95. The lowest BCUT2D eigenvalue weighted by Crippen LogP contribution is -2.28. The van der Waals surface area contributed by atoms with E-state index in [9.17, 15) is 4.39 Å². The highest BCUT2D eigenvalue weighted by atomic mass is 19.1. The number of nitrogens with two attached hydrogens (primary N) is 1. The molecule has 0 radical (unpaired) electrons. The first-order chi connectivity index (χ1) is 14.8. The van der Waals surface area contributed by atoms with Gasteiger partial charge in [0, 0.05) is 25.5 Å². The summed E-state index contributed by atoms with van der Waals surface area (Å²) in [5.74, 6) is -0.218. The Morgan fingerprint density at radius 3 is 2.00 bits per heavy atom. The number of allylic oxidation sites excluding steroid dienone is 4. The van der Waals surface area contributed by atoms with E-state index in [2.05, 4.69) is 48.4 Å². The molecule has 0 bridgehead atoms. The van der Waals surface area contributed by atoms with E-state index in [-0.39, 0.29) is 5.83 Å². The lowest BCUT2D eigenvalue weighted by Gasteiger charge is -2.13. The van der Waals surface area contributed by atoms with Crippen molar-refractivity contribution in [2.45, 2.75) is 75.2 Å². The maximum atomic E-state index is 13.2. The normalized spacial score (nSPS) is 11.6. The van der Waals surface area contributed by atoms with Crippen LogP contribution in [0, 0.1) is 0 Å². The highest BCUT2D eigenvalue weighted by molar-refractivity contribution is 6.00. The van der Waals surface area contributed by atoms with Crippen LogP contribution in [0.5, 0.6) is 0 Å². The quantitative estimate of drug-likeness (QED) is 0.197. The van der Waals surface area contributed by atoms with Crippen LogP contribution in [0.15, 0.2) is 70.6 Å². The van der Waals surface area contributed by atoms with Crippen LogP contribution >= 0.6 is 0 Å². The molecule has 4 N–H and O–H groups in total. The summed E-state index contributed by atoms with van der Waals surface area (Å²) >= 11 is 0. The van der Waals surface area contributed by atoms with E-state index in [0.717, 1.165) is 23.4 Å². The Morgan fingerprint density at radius 1 is 1.10 bits per heavy atom. The number of hydrogen-bond donors (Lipinski definition) is 3. The summed E-state index contributed by atoms with van der Waals surface area (Å²) in [6.45, 7) is 25.9. The third kappa shape index (κ3) is 23.6. The predicted octanol–water partition coefficient (Wildman–Crippen LogP) is 6.96. The van der Waals surface area contributed by atoms with Crippen molar-refractivity contribution in [1.82, 2.24) is 10.6 Å². The highest BCUT2D eigenvalue weighted by Crippen LogP contribution is 2.09. The SMILES string of the molecule is C=C=C/C(=C\C(C)=C(/C)F)CNC(=C)C(CN/C=C(/N)CC)=NC.CC.CC.CCC. The molecule has 0 fully saturated rings. The molecule has 31 heavy (non-hydrogen) atoms. The zero-order valence-corrected chi connectivity index (χ0v) is 21.9. The minimum atomic E-state index is -0.218. The Balaban J connectivity index is -0.000000463. The first-order valence-electron chi connectivity index (χ1n) is 11.2. The van der Waals surface area contributed by atoms with Gasteiger partial charge in [0.05, 0.1) is 23.8 Å². The number of hydrogen-bond acceptors (Lipinski definition) is 4. The maximum Gasteiger partial charge on any atom is 0.0997 e. The summed E-state index contributed by atoms with van der Waals surface area (Å²) in [5.41, 5.74) is 12.1. The smallest absolute Gasteiger partial charge is 0.0997 e. The predicted molar refractivity (Wildman–Crippen MR) is 141 cm³/mol. The van der Waals surface area contributed by atoms with Crippen molar-refractivity contribution >= 4 is 5.71 Å². The van der Waals surface area contributed by atoms with Crippen molar-refractivity contribution in [3.8, 4) is 0 Å². The topological polar surface area (TPSA) is 62.4 Å². The standard InChI is InChI=1S/C19H29FN4.C3H8.2C2H6/c1-7-9-17(10-14(3)15(4)20)11-24-16(5)19(22-6)13-23-12-18(21)8-2;1-3-2;2*1-2/h9-10,12,23-24H,1,5,8,11,13,21H2,2-4,6H3;3H2,1-2H3;2*1-2H3/b15-14+,17-10+,18-12+,22-19?;;;. The van der Waals surface area contributed by atoms with Gasteiger partial charge in [-0.3, -0.25) is 4.99 Å². The van der Waals surface area contributed by atoms with Gasteiger partial charge < -0.3 is 16.4 Å². The molecule has 0 aliphatic carbocycles. The van der Waals surface area contributed by atoms with Crippen LogP contribution < -0.4 is 16.4 Å².